The largest absolute Gasteiger partial charge is 0.489 e. The fourth-order valence-electron chi connectivity index (χ4n) is 3.90. The SMILES string of the molecule is OC[C@H]1CCCN1Cc1ccc(COc2cccc(OCc3cccc(F)c3)c2)cc1. The van der Waals surface area contributed by atoms with E-state index < -0.39 is 0 Å². The normalized spacial score (nSPS) is 16.4. The Hall–Kier alpha value is -2.89. The lowest BCUT2D eigenvalue weighted by Crippen LogP contribution is -2.31. The monoisotopic (exact) mass is 421 g/mol. The van der Waals surface area contributed by atoms with E-state index in [1.165, 1.54) is 17.7 Å². The number of aliphatic hydroxyl groups is 1. The summed E-state index contributed by atoms with van der Waals surface area (Å²) in [7, 11) is 0. The Bertz CT molecular complexity index is 976. The summed E-state index contributed by atoms with van der Waals surface area (Å²) in [5, 5.41) is 9.48. The van der Waals surface area contributed by atoms with Gasteiger partial charge in [0.15, 0.2) is 0 Å². The van der Waals surface area contributed by atoms with Crippen molar-refractivity contribution in [2.45, 2.75) is 38.6 Å². The summed E-state index contributed by atoms with van der Waals surface area (Å²) in [5.74, 6) is 1.14. The third-order valence-electron chi connectivity index (χ3n) is 5.62. The molecule has 1 heterocycles. The summed E-state index contributed by atoms with van der Waals surface area (Å²) in [6, 6.07) is 22.6. The summed E-state index contributed by atoms with van der Waals surface area (Å²) in [6.45, 7) is 2.93. The van der Waals surface area contributed by atoms with Gasteiger partial charge >= 0.3 is 0 Å². The van der Waals surface area contributed by atoms with Crippen molar-refractivity contribution in [1.82, 2.24) is 4.90 Å². The van der Waals surface area contributed by atoms with E-state index in [1.54, 1.807) is 6.07 Å². The molecule has 4 nitrogen and oxygen atoms in total. The Morgan fingerprint density at radius 3 is 2.23 bits per heavy atom. The van der Waals surface area contributed by atoms with Gasteiger partial charge in [-0.2, -0.15) is 0 Å². The molecule has 3 aromatic rings. The van der Waals surface area contributed by atoms with Crippen LogP contribution in [0.15, 0.2) is 72.8 Å². The number of halogens is 1. The highest BCUT2D eigenvalue weighted by Crippen LogP contribution is 2.23. The molecular formula is C26H28FNO3. The van der Waals surface area contributed by atoms with Crippen LogP contribution < -0.4 is 9.47 Å². The number of hydrogen-bond donors (Lipinski definition) is 1. The van der Waals surface area contributed by atoms with E-state index in [0.717, 1.165) is 42.8 Å². The van der Waals surface area contributed by atoms with Gasteiger partial charge in [-0.1, -0.05) is 42.5 Å². The zero-order valence-electron chi connectivity index (χ0n) is 17.5. The molecule has 3 aromatic carbocycles. The van der Waals surface area contributed by atoms with Gasteiger partial charge in [0.2, 0.25) is 0 Å². The first-order valence-electron chi connectivity index (χ1n) is 10.7. The lowest BCUT2D eigenvalue weighted by molar-refractivity contribution is 0.153. The summed E-state index contributed by atoms with van der Waals surface area (Å²) in [5.41, 5.74) is 3.12. The lowest BCUT2D eigenvalue weighted by Gasteiger charge is -2.22. The Morgan fingerprint density at radius 1 is 0.839 bits per heavy atom. The van der Waals surface area contributed by atoms with Gasteiger partial charge in [-0.15, -0.1) is 0 Å². The molecule has 0 aromatic heterocycles. The van der Waals surface area contributed by atoms with E-state index in [9.17, 15) is 9.50 Å². The average molecular weight is 422 g/mol. The van der Waals surface area contributed by atoms with Crippen LogP contribution in [0, 0.1) is 5.82 Å². The average Bonchev–Trinajstić information content (AvgIpc) is 3.25. The first kappa shape index (κ1) is 21.3. The molecule has 0 bridgehead atoms. The van der Waals surface area contributed by atoms with Crippen LogP contribution in [0.25, 0.3) is 0 Å². The highest BCUT2D eigenvalue weighted by molar-refractivity contribution is 5.33. The first-order valence-corrected chi connectivity index (χ1v) is 10.7. The molecule has 0 unspecified atom stereocenters. The molecule has 0 spiro atoms. The van der Waals surface area contributed by atoms with Gasteiger partial charge in [-0.05, 0) is 60.3 Å². The Kier molecular flexibility index (Phi) is 7.18. The fourth-order valence-corrected chi connectivity index (χ4v) is 3.90. The standard InChI is InChI=1S/C26H28FNO3/c27-23-5-1-4-22(14-23)19-31-26-8-2-7-25(15-26)30-18-21-11-9-20(10-12-21)16-28-13-3-6-24(28)17-29/h1-2,4-5,7-12,14-15,24,29H,3,6,13,16-19H2/t24-/m1/s1. The predicted octanol–water partition coefficient (Wildman–Crippen LogP) is 4.94. The molecule has 31 heavy (non-hydrogen) atoms. The molecule has 0 amide bonds. The Balaban J connectivity index is 1.28. The summed E-state index contributed by atoms with van der Waals surface area (Å²) in [6.07, 6.45) is 2.23. The van der Waals surface area contributed by atoms with Gasteiger partial charge in [-0.25, -0.2) is 4.39 Å². The second-order valence-electron chi connectivity index (χ2n) is 7.95. The maximum atomic E-state index is 13.3. The number of rotatable bonds is 9. The molecule has 1 aliphatic heterocycles. The van der Waals surface area contributed by atoms with Crippen LogP contribution in [-0.2, 0) is 19.8 Å². The highest BCUT2D eigenvalue weighted by Gasteiger charge is 2.23. The number of benzene rings is 3. The second kappa shape index (κ2) is 10.4. The van der Waals surface area contributed by atoms with Crippen molar-refractivity contribution in [2.75, 3.05) is 13.2 Å². The highest BCUT2D eigenvalue weighted by atomic mass is 19.1. The van der Waals surface area contributed by atoms with Crippen molar-refractivity contribution < 1.29 is 19.0 Å². The third-order valence-corrected chi connectivity index (χ3v) is 5.62. The Labute approximate surface area is 182 Å². The molecule has 4 rings (SSSR count). The molecule has 0 radical (unpaired) electrons. The van der Waals surface area contributed by atoms with Crippen molar-refractivity contribution in [3.63, 3.8) is 0 Å². The molecule has 1 aliphatic rings. The smallest absolute Gasteiger partial charge is 0.123 e. The van der Waals surface area contributed by atoms with Crippen LogP contribution >= 0.6 is 0 Å². The summed E-state index contributed by atoms with van der Waals surface area (Å²) >= 11 is 0. The van der Waals surface area contributed by atoms with Crippen molar-refractivity contribution in [2.24, 2.45) is 0 Å². The van der Waals surface area contributed by atoms with Crippen LogP contribution in [0.3, 0.4) is 0 Å². The minimum absolute atomic E-state index is 0.233. The Morgan fingerprint density at radius 2 is 1.52 bits per heavy atom. The molecule has 0 aliphatic carbocycles. The molecule has 1 N–H and O–H groups in total. The van der Waals surface area contributed by atoms with Crippen molar-refractivity contribution in [1.29, 1.82) is 0 Å². The van der Waals surface area contributed by atoms with Crippen molar-refractivity contribution in [3.8, 4) is 11.5 Å². The van der Waals surface area contributed by atoms with Crippen LogP contribution in [0.4, 0.5) is 4.39 Å². The van der Waals surface area contributed by atoms with Gasteiger partial charge in [0.25, 0.3) is 0 Å². The van der Waals surface area contributed by atoms with E-state index in [-0.39, 0.29) is 12.4 Å². The van der Waals surface area contributed by atoms with Gasteiger partial charge in [-0.3, -0.25) is 4.90 Å². The molecule has 1 fully saturated rings. The first-order chi connectivity index (χ1) is 15.2. The quantitative estimate of drug-likeness (QED) is 0.531. The van der Waals surface area contributed by atoms with E-state index >= 15 is 0 Å². The van der Waals surface area contributed by atoms with Crippen LogP contribution in [0.1, 0.15) is 29.5 Å². The predicted molar refractivity (Wildman–Crippen MR) is 118 cm³/mol. The second-order valence-corrected chi connectivity index (χ2v) is 7.95. The van der Waals surface area contributed by atoms with E-state index in [2.05, 4.69) is 29.2 Å². The lowest BCUT2D eigenvalue weighted by atomic mass is 10.1. The third kappa shape index (κ3) is 6.06. The molecule has 0 saturated carbocycles. The molecule has 1 atom stereocenters. The molecule has 1 saturated heterocycles. The van der Waals surface area contributed by atoms with Crippen LogP contribution in [0.5, 0.6) is 11.5 Å². The number of hydrogen-bond acceptors (Lipinski definition) is 4. The topological polar surface area (TPSA) is 41.9 Å². The number of nitrogens with zero attached hydrogens (tertiary/aromatic N) is 1. The van der Waals surface area contributed by atoms with Crippen LogP contribution in [0.2, 0.25) is 0 Å². The van der Waals surface area contributed by atoms with E-state index in [4.69, 9.17) is 9.47 Å². The minimum Gasteiger partial charge on any atom is -0.489 e. The molecule has 162 valence electrons. The molecular weight excluding hydrogens is 393 g/mol. The van der Waals surface area contributed by atoms with Gasteiger partial charge in [0.1, 0.15) is 30.5 Å². The zero-order chi connectivity index (χ0) is 21.5. The van der Waals surface area contributed by atoms with E-state index in [1.807, 2.05) is 30.3 Å². The van der Waals surface area contributed by atoms with Crippen molar-refractivity contribution >= 4 is 0 Å². The number of likely N-dealkylation sites (tertiary alicyclic amines) is 1. The maximum absolute atomic E-state index is 13.3. The number of ether oxygens (including phenoxy) is 2. The maximum Gasteiger partial charge on any atom is 0.123 e. The van der Waals surface area contributed by atoms with Gasteiger partial charge in [0, 0.05) is 18.7 Å². The molecule has 5 heteroatoms. The zero-order valence-corrected chi connectivity index (χ0v) is 17.5. The minimum atomic E-state index is -0.266. The summed E-state index contributed by atoms with van der Waals surface area (Å²) < 4.78 is 25.0. The summed E-state index contributed by atoms with van der Waals surface area (Å²) in [4.78, 5) is 2.35. The van der Waals surface area contributed by atoms with Crippen LogP contribution in [-0.4, -0.2) is 29.2 Å². The van der Waals surface area contributed by atoms with E-state index in [0.29, 0.717) is 25.0 Å². The van der Waals surface area contributed by atoms with Gasteiger partial charge in [0.05, 0.1) is 6.61 Å². The number of aliphatic hydroxyl groups excluding tert-OH is 1. The van der Waals surface area contributed by atoms with Crippen molar-refractivity contribution in [3.05, 3.63) is 95.3 Å². The van der Waals surface area contributed by atoms with Gasteiger partial charge < -0.3 is 14.6 Å². The fraction of sp³-hybridized carbons (Fsp3) is 0.308.